The van der Waals surface area contributed by atoms with E-state index in [-0.39, 0.29) is 12.5 Å². The smallest absolute Gasteiger partial charge is 0.256 e. The first kappa shape index (κ1) is 18.3. The van der Waals surface area contributed by atoms with Crippen LogP contribution < -0.4 is 0 Å². The zero-order chi connectivity index (χ0) is 18.0. The molecule has 1 aromatic rings. The van der Waals surface area contributed by atoms with E-state index in [1.54, 1.807) is 4.90 Å². The number of aliphatic hydroxyl groups is 1. The Morgan fingerprint density at radius 1 is 1.20 bits per heavy atom. The van der Waals surface area contributed by atoms with Crippen LogP contribution in [-0.4, -0.2) is 52.6 Å². The zero-order valence-corrected chi connectivity index (χ0v) is 14.7. The molecule has 0 unspecified atom stereocenters. The summed E-state index contributed by atoms with van der Waals surface area (Å²) in [6.45, 7) is 5.10. The van der Waals surface area contributed by atoms with Gasteiger partial charge in [-0.25, -0.2) is 8.78 Å². The minimum Gasteiger partial charge on any atom is -0.379 e. The monoisotopic (exact) mass is 352 g/mol. The molecule has 4 nitrogen and oxygen atoms in total. The molecule has 6 heteroatoms. The summed E-state index contributed by atoms with van der Waals surface area (Å²) in [5.41, 5.74) is -0.847. The van der Waals surface area contributed by atoms with Crippen LogP contribution in [0.5, 0.6) is 0 Å². The van der Waals surface area contributed by atoms with Gasteiger partial charge in [0.15, 0.2) is 17.2 Å². The third-order valence-corrected chi connectivity index (χ3v) is 5.42. The molecular formula is C19H26F2N2O2. The van der Waals surface area contributed by atoms with E-state index in [1.165, 1.54) is 6.07 Å². The number of likely N-dealkylation sites (tertiary alicyclic amines) is 2. The summed E-state index contributed by atoms with van der Waals surface area (Å²) in [4.78, 5) is 16.5. The topological polar surface area (TPSA) is 43.8 Å². The number of carbonyl (C=O) groups is 1. The third-order valence-electron chi connectivity index (χ3n) is 5.42. The van der Waals surface area contributed by atoms with Crippen molar-refractivity contribution < 1.29 is 18.7 Å². The highest BCUT2D eigenvalue weighted by Crippen LogP contribution is 2.27. The number of nitrogens with zero attached hydrogens (tertiary/aromatic N) is 2. The molecule has 0 aliphatic carbocycles. The zero-order valence-electron chi connectivity index (χ0n) is 14.7. The molecule has 2 fully saturated rings. The molecule has 0 aromatic heterocycles. The third kappa shape index (κ3) is 4.18. The van der Waals surface area contributed by atoms with Gasteiger partial charge >= 0.3 is 0 Å². The highest BCUT2D eigenvalue weighted by Gasteiger charge is 2.43. The molecule has 3 rings (SSSR count). The number of hydrogen-bond donors (Lipinski definition) is 1. The van der Waals surface area contributed by atoms with Gasteiger partial charge in [0, 0.05) is 19.6 Å². The van der Waals surface area contributed by atoms with E-state index in [4.69, 9.17) is 0 Å². The molecule has 0 saturated carbocycles. The number of piperidine rings is 2. The highest BCUT2D eigenvalue weighted by molar-refractivity contribution is 5.86. The van der Waals surface area contributed by atoms with Crippen LogP contribution in [0, 0.1) is 17.6 Å². The van der Waals surface area contributed by atoms with Crippen molar-refractivity contribution in [2.24, 2.45) is 5.92 Å². The second-order valence-electron chi connectivity index (χ2n) is 7.57. The fourth-order valence-corrected chi connectivity index (χ4v) is 3.81. The molecule has 1 aromatic carbocycles. The fraction of sp³-hybridized carbons (Fsp3) is 0.632. The molecule has 1 N–H and O–H groups in total. The van der Waals surface area contributed by atoms with Crippen molar-refractivity contribution in [2.75, 3.05) is 26.2 Å². The van der Waals surface area contributed by atoms with Gasteiger partial charge in [-0.15, -0.1) is 0 Å². The Kier molecular flexibility index (Phi) is 5.39. The maximum atomic E-state index is 13.4. The molecule has 2 aliphatic heterocycles. The van der Waals surface area contributed by atoms with E-state index < -0.39 is 17.2 Å². The van der Waals surface area contributed by atoms with E-state index in [1.807, 2.05) is 0 Å². The number of β-amino-alcohol motifs (C(OH)–C–C–N with tert-alkyl or cyclic N) is 1. The van der Waals surface area contributed by atoms with Crippen LogP contribution in [0.4, 0.5) is 8.78 Å². The minimum atomic E-state index is -1.38. The second kappa shape index (κ2) is 7.38. The number of carbonyl (C=O) groups excluding carboxylic acids is 1. The molecule has 0 bridgehead atoms. The second-order valence-corrected chi connectivity index (χ2v) is 7.57. The molecule has 1 atom stereocenters. The van der Waals surface area contributed by atoms with Gasteiger partial charge in [0.2, 0.25) is 0 Å². The first-order valence-corrected chi connectivity index (χ1v) is 9.05. The standard InChI is InChI=1S/C19H26F2N2O2/c1-14-5-9-22(10-6-14)13-19(25)7-2-8-23(18(19)24)12-15-3-4-16(20)17(21)11-15/h3-4,11,14,25H,2,5-10,12-13H2,1H3/t19-/m0/s1. The lowest BCUT2D eigenvalue weighted by Crippen LogP contribution is -2.59. The predicted molar refractivity (Wildman–Crippen MR) is 90.8 cm³/mol. The van der Waals surface area contributed by atoms with Gasteiger partial charge in [0.25, 0.3) is 5.91 Å². The van der Waals surface area contributed by atoms with E-state index in [9.17, 15) is 18.7 Å². The average Bonchev–Trinajstić information content (AvgIpc) is 2.58. The maximum Gasteiger partial charge on any atom is 0.256 e. The number of hydrogen-bond acceptors (Lipinski definition) is 3. The van der Waals surface area contributed by atoms with Crippen LogP contribution in [0.2, 0.25) is 0 Å². The fourth-order valence-electron chi connectivity index (χ4n) is 3.81. The molecule has 1 amide bonds. The van der Waals surface area contributed by atoms with Gasteiger partial charge < -0.3 is 10.0 Å². The summed E-state index contributed by atoms with van der Waals surface area (Å²) < 4.78 is 26.5. The summed E-state index contributed by atoms with van der Waals surface area (Å²) in [6.07, 6.45) is 3.33. The molecular weight excluding hydrogens is 326 g/mol. The summed E-state index contributed by atoms with van der Waals surface area (Å²) in [6, 6.07) is 3.66. The lowest BCUT2D eigenvalue weighted by atomic mass is 9.89. The quantitative estimate of drug-likeness (QED) is 0.906. The van der Waals surface area contributed by atoms with Crippen LogP contribution in [0.3, 0.4) is 0 Å². The van der Waals surface area contributed by atoms with Gasteiger partial charge in [0.05, 0.1) is 0 Å². The maximum absolute atomic E-state index is 13.4. The van der Waals surface area contributed by atoms with Crippen molar-refractivity contribution in [2.45, 2.75) is 44.8 Å². The van der Waals surface area contributed by atoms with Gasteiger partial charge in [0.1, 0.15) is 0 Å². The number of amides is 1. The average molecular weight is 352 g/mol. The van der Waals surface area contributed by atoms with Gasteiger partial charge in [-0.3, -0.25) is 9.69 Å². The summed E-state index contributed by atoms with van der Waals surface area (Å²) in [5.74, 6) is -1.43. The van der Waals surface area contributed by atoms with Crippen LogP contribution in [0.25, 0.3) is 0 Å². The number of rotatable bonds is 4. The van der Waals surface area contributed by atoms with Crippen molar-refractivity contribution in [1.82, 2.24) is 9.80 Å². The van der Waals surface area contributed by atoms with Gasteiger partial charge in [-0.1, -0.05) is 13.0 Å². The molecule has 2 aliphatic rings. The van der Waals surface area contributed by atoms with Crippen molar-refractivity contribution in [3.05, 3.63) is 35.4 Å². The lowest BCUT2D eigenvalue weighted by Gasteiger charge is -2.42. The Balaban J connectivity index is 1.66. The van der Waals surface area contributed by atoms with Crippen LogP contribution in [0.15, 0.2) is 18.2 Å². The van der Waals surface area contributed by atoms with E-state index >= 15 is 0 Å². The van der Waals surface area contributed by atoms with Crippen LogP contribution in [-0.2, 0) is 11.3 Å². The number of benzene rings is 1. The lowest BCUT2D eigenvalue weighted by molar-refractivity contribution is -0.160. The first-order chi connectivity index (χ1) is 11.9. The van der Waals surface area contributed by atoms with Crippen molar-refractivity contribution in [3.63, 3.8) is 0 Å². The van der Waals surface area contributed by atoms with E-state index in [0.29, 0.717) is 37.4 Å². The van der Waals surface area contributed by atoms with Crippen molar-refractivity contribution in [3.8, 4) is 0 Å². The molecule has 2 saturated heterocycles. The Bertz CT molecular complexity index is 632. The largest absolute Gasteiger partial charge is 0.379 e. The summed E-state index contributed by atoms with van der Waals surface area (Å²) >= 11 is 0. The van der Waals surface area contributed by atoms with E-state index in [0.717, 1.165) is 38.1 Å². The Morgan fingerprint density at radius 2 is 1.92 bits per heavy atom. The normalized spacial score (nSPS) is 26.2. The van der Waals surface area contributed by atoms with Gasteiger partial charge in [-0.2, -0.15) is 0 Å². The Labute approximate surface area is 147 Å². The van der Waals surface area contributed by atoms with Crippen molar-refractivity contribution in [1.29, 1.82) is 0 Å². The van der Waals surface area contributed by atoms with Crippen LogP contribution >= 0.6 is 0 Å². The number of halogens is 2. The summed E-state index contributed by atoms with van der Waals surface area (Å²) in [7, 11) is 0. The molecule has 2 heterocycles. The van der Waals surface area contributed by atoms with Crippen LogP contribution in [0.1, 0.15) is 38.2 Å². The Hall–Kier alpha value is -1.53. The van der Waals surface area contributed by atoms with E-state index in [2.05, 4.69) is 11.8 Å². The minimum absolute atomic E-state index is 0.190. The molecule has 138 valence electrons. The molecule has 0 spiro atoms. The first-order valence-electron chi connectivity index (χ1n) is 9.05. The highest BCUT2D eigenvalue weighted by atomic mass is 19.2. The Morgan fingerprint density at radius 3 is 2.60 bits per heavy atom. The predicted octanol–water partition coefficient (Wildman–Crippen LogP) is 2.55. The molecule has 25 heavy (non-hydrogen) atoms. The van der Waals surface area contributed by atoms with Gasteiger partial charge in [-0.05, 0) is 62.4 Å². The molecule has 0 radical (unpaired) electrons. The SMILES string of the molecule is CC1CCN(C[C@@]2(O)CCCN(Cc3ccc(F)c(F)c3)C2=O)CC1. The summed E-state index contributed by atoms with van der Waals surface area (Å²) in [5, 5.41) is 10.9. The van der Waals surface area contributed by atoms with Crippen molar-refractivity contribution >= 4 is 5.91 Å².